The number of anilines is 1. The molecule has 3 aromatic rings. The number of aromatic nitrogens is 1. The average Bonchev–Trinajstić information content (AvgIpc) is 3.26. The van der Waals surface area contributed by atoms with Crippen molar-refractivity contribution in [3.05, 3.63) is 77.1 Å². The minimum Gasteiger partial charge on any atom is -0.405 e. The minimum atomic E-state index is -5.02. The summed E-state index contributed by atoms with van der Waals surface area (Å²) in [4.78, 5) is 42.4. The number of hydrogen-bond donors (Lipinski definition) is 4. The van der Waals surface area contributed by atoms with E-state index in [1.807, 2.05) is 6.07 Å². The SMILES string of the molecule is CC(C)(NC(=O)Nc1ccc2c(c1)CN(C1CCC(=O)NC1=O)C2O)c1ccc(-c2cncc(C#N)c2)cc1OC(F)(F)F. The van der Waals surface area contributed by atoms with Crippen molar-refractivity contribution in [2.75, 3.05) is 5.32 Å². The van der Waals surface area contributed by atoms with Crippen molar-refractivity contribution >= 4 is 23.5 Å². The number of nitrogens with one attached hydrogen (secondary N) is 3. The first-order valence-corrected chi connectivity index (χ1v) is 13.5. The van der Waals surface area contributed by atoms with Gasteiger partial charge in [-0.3, -0.25) is 24.8 Å². The van der Waals surface area contributed by atoms with Gasteiger partial charge in [0.25, 0.3) is 0 Å². The van der Waals surface area contributed by atoms with E-state index in [1.165, 1.54) is 50.5 Å². The summed E-state index contributed by atoms with van der Waals surface area (Å²) >= 11 is 0. The highest BCUT2D eigenvalue weighted by Gasteiger charge is 2.40. The van der Waals surface area contributed by atoms with E-state index in [2.05, 4.69) is 25.7 Å². The lowest BCUT2D eigenvalue weighted by Gasteiger charge is -2.31. The Morgan fingerprint density at radius 3 is 2.61 bits per heavy atom. The Labute approximate surface area is 249 Å². The topological polar surface area (TPSA) is 157 Å². The van der Waals surface area contributed by atoms with Crippen LogP contribution in [0.1, 0.15) is 55.2 Å². The van der Waals surface area contributed by atoms with Gasteiger partial charge in [0.15, 0.2) is 0 Å². The molecule has 2 atom stereocenters. The van der Waals surface area contributed by atoms with E-state index in [4.69, 9.17) is 5.26 Å². The number of alkyl halides is 3. The summed E-state index contributed by atoms with van der Waals surface area (Å²) in [5.41, 5.74) is 1.19. The maximum Gasteiger partial charge on any atom is 0.573 e. The number of aliphatic hydroxyl groups is 1. The van der Waals surface area contributed by atoms with Crippen LogP contribution in [0.2, 0.25) is 0 Å². The number of halogens is 3. The van der Waals surface area contributed by atoms with Crippen molar-refractivity contribution in [2.45, 2.75) is 57.4 Å². The average molecular weight is 609 g/mol. The van der Waals surface area contributed by atoms with Crippen LogP contribution in [-0.4, -0.2) is 45.2 Å². The van der Waals surface area contributed by atoms with Crippen LogP contribution in [0.15, 0.2) is 54.9 Å². The molecule has 5 rings (SSSR count). The van der Waals surface area contributed by atoms with Crippen molar-refractivity contribution in [3.8, 4) is 22.9 Å². The van der Waals surface area contributed by atoms with Crippen LogP contribution in [0.5, 0.6) is 5.75 Å². The van der Waals surface area contributed by atoms with Gasteiger partial charge in [0, 0.05) is 47.7 Å². The summed E-state index contributed by atoms with van der Waals surface area (Å²) in [6.07, 6.45) is -2.94. The van der Waals surface area contributed by atoms with Crippen molar-refractivity contribution < 1.29 is 37.4 Å². The normalized spacial score (nSPS) is 18.7. The number of carbonyl (C=O) groups excluding carboxylic acids is 3. The van der Waals surface area contributed by atoms with E-state index >= 15 is 0 Å². The number of fused-ring (bicyclic) bond motifs is 1. The van der Waals surface area contributed by atoms with Crippen LogP contribution >= 0.6 is 0 Å². The molecule has 4 amide bonds. The molecule has 228 valence electrons. The molecule has 0 bridgehead atoms. The largest absolute Gasteiger partial charge is 0.573 e. The number of benzene rings is 2. The van der Waals surface area contributed by atoms with Crippen molar-refractivity contribution in [1.82, 2.24) is 20.5 Å². The smallest absolute Gasteiger partial charge is 0.405 e. The monoisotopic (exact) mass is 608 g/mol. The lowest BCUT2D eigenvalue weighted by atomic mass is 9.91. The summed E-state index contributed by atoms with van der Waals surface area (Å²) in [6.45, 7) is 3.22. The van der Waals surface area contributed by atoms with Crippen LogP contribution in [0.3, 0.4) is 0 Å². The number of amides is 4. The molecule has 11 nitrogen and oxygen atoms in total. The van der Waals surface area contributed by atoms with Gasteiger partial charge >= 0.3 is 12.4 Å². The zero-order valence-corrected chi connectivity index (χ0v) is 23.5. The number of nitriles is 1. The fourth-order valence-electron chi connectivity index (χ4n) is 5.41. The summed E-state index contributed by atoms with van der Waals surface area (Å²) in [7, 11) is 0. The molecule has 44 heavy (non-hydrogen) atoms. The minimum absolute atomic E-state index is 0.0371. The van der Waals surface area contributed by atoms with Gasteiger partial charge in [-0.25, -0.2) is 4.79 Å². The summed E-state index contributed by atoms with van der Waals surface area (Å²) in [6, 6.07) is 10.9. The number of nitrogens with zero attached hydrogens (tertiary/aromatic N) is 3. The van der Waals surface area contributed by atoms with Gasteiger partial charge in [-0.05, 0) is 55.7 Å². The summed E-state index contributed by atoms with van der Waals surface area (Å²) in [5, 5.41) is 27.6. The second kappa shape index (κ2) is 11.6. The highest BCUT2D eigenvalue weighted by molar-refractivity contribution is 6.00. The molecule has 3 heterocycles. The fourth-order valence-corrected chi connectivity index (χ4v) is 5.41. The predicted octanol–water partition coefficient (Wildman–Crippen LogP) is 4.19. The number of urea groups is 1. The maximum absolute atomic E-state index is 13.4. The van der Waals surface area contributed by atoms with Gasteiger partial charge in [0.05, 0.1) is 17.1 Å². The quantitative estimate of drug-likeness (QED) is 0.304. The Kier molecular flexibility index (Phi) is 8.02. The molecule has 1 fully saturated rings. The molecule has 0 spiro atoms. The Hall–Kier alpha value is -5.00. The maximum atomic E-state index is 13.4. The van der Waals surface area contributed by atoms with Crippen molar-refractivity contribution in [1.29, 1.82) is 5.26 Å². The van der Waals surface area contributed by atoms with Crippen molar-refractivity contribution in [2.24, 2.45) is 0 Å². The first-order chi connectivity index (χ1) is 20.7. The highest BCUT2D eigenvalue weighted by atomic mass is 19.4. The Bertz CT molecular complexity index is 1690. The number of piperidine rings is 1. The first-order valence-electron chi connectivity index (χ1n) is 13.5. The van der Waals surface area contributed by atoms with E-state index < -0.39 is 41.9 Å². The highest BCUT2D eigenvalue weighted by Crippen LogP contribution is 2.38. The van der Waals surface area contributed by atoms with Gasteiger partial charge in [-0.15, -0.1) is 13.2 Å². The fraction of sp³-hybridized carbons (Fsp3) is 0.300. The number of imide groups is 1. The lowest BCUT2D eigenvalue weighted by molar-refractivity contribution is -0.275. The van der Waals surface area contributed by atoms with Crippen LogP contribution in [0.25, 0.3) is 11.1 Å². The van der Waals surface area contributed by atoms with Crippen LogP contribution in [-0.2, 0) is 21.7 Å². The first kappa shape index (κ1) is 30.5. The van der Waals surface area contributed by atoms with Crippen LogP contribution < -0.4 is 20.7 Å². The number of rotatable bonds is 6. The molecule has 2 aliphatic rings. The second-order valence-corrected chi connectivity index (χ2v) is 11.0. The van der Waals surface area contributed by atoms with E-state index in [9.17, 15) is 32.7 Å². The second-order valence-electron chi connectivity index (χ2n) is 11.0. The molecule has 0 radical (unpaired) electrons. The molecule has 1 aromatic heterocycles. The van der Waals surface area contributed by atoms with Gasteiger partial charge < -0.3 is 20.5 Å². The molecule has 0 aliphatic carbocycles. The number of pyridine rings is 1. The number of hydrogen-bond acceptors (Lipinski definition) is 8. The summed E-state index contributed by atoms with van der Waals surface area (Å²) < 4.78 is 44.5. The Balaban J connectivity index is 1.33. The Morgan fingerprint density at radius 1 is 1.14 bits per heavy atom. The van der Waals surface area contributed by atoms with Crippen LogP contribution in [0, 0.1) is 11.3 Å². The molecule has 4 N–H and O–H groups in total. The van der Waals surface area contributed by atoms with Crippen molar-refractivity contribution in [3.63, 3.8) is 0 Å². The zero-order valence-electron chi connectivity index (χ0n) is 23.5. The van der Waals surface area contributed by atoms with E-state index in [-0.39, 0.29) is 36.4 Å². The number of ether oxygens (including phenoxy) is 1. The molecule has 1 saturated heterocycles. The third-order valence-electron chi connectivity index (χ3n) is 7.46. The molecular weight excluding hydrogens is 581 g/mol. The molecule has 14 heteroatoms. The Morgan fingerprint density at radius 2 is 1.91 bits per heavy atom. The number of aliphatic hydroxyl groups excluding tert-OH is 1. The molecule has 2 unspecified atom stereocenters. The van der Waals surface area contributed by atoms with E-state index in [1.54, 1.807) is 23.1 Å². The van der Waals surface area contributed by atoms with Crippen LogP contribution in [0.4, 0.5) is 23.7 Å². The van der Waals surface area contributed by atoms with Gasteiger partial charge in [-0.1, -0.05) is 18.2 Å². The molecule has 0 saturated carbocycles. The lowest BCUT2D eigenvalue weighted by Crippen LogP contribution is -2.51. The zero-order chi connectivity index (χ0) is 31.8. The van der Waals surface area contributed by atoms with E-state index in [0.717, 1.165) is 0 Å². The molecule has 2 aromatic carbocycles. The third-order valence-corrected chi connectivity index (χ3v) is 7.46. The molecule has 2 aliphatic heterocycles. The molecular formula is C30H27F3N6O5. The standard InChI is InChI=1S/C30H27F3N6O5/c1-29(2,22-6-3-17(11-24(22)44-30(31,32)33)18-9-16(12-34)13-35-14-18)38-28(43)36-20-4-5-21-19(10-20)15-39(27(21)42)23-7-8-25(40)37-26(23)41/h3-6,9-11,13-14,23,27,42H,7-8,15H2,1-2H3,(H2,36,38,43)(H,37,40,41). The van der Waals surface area contributed by atoms with Gasteiger partial charge in [0.1, 0.15) is 18.0 Å². The predicted molar refractivity (Wildman–Crippen MR) is 149 cm³/mol. The third kappa shape index (κ3) is 6.48. The summed E-state index contributed by atoms with van der Waals surface area (Å²) in [5.74, 6) is -1.39. The van der Waals surface area contributed by atoms with E-state index in [0.29, 0.717) is 27.9 Å². The number of carbonyl (C=O) groups is 3. The van der Waals surface area contributed by atoms with Gasteiger partial charge in [-0.2, -0.15) is 5.26 Å². The van der Waals surface area contributed by atoms with Gasteiger partial charge in [0.2, 0.25) is 11.8 Å².